The lowest BCUT2D eigenvalue weighted by Crippen LogP contribution is -2.09. The molecule has 0 heterocycles. The Morgan fingerprint density at radius 3 is 2.80 bits per heavy atom. The molecule has 7 heteroatoms. The lowest BCUT2D eigenvalue weighted by atomic mass is 10.1. The number of nitrogens with one attached hydrogen (secondary N) is 1. The first-order chi connectivity index (χ1) is 9.51. The minimum atomic E-state index is -0.984. The van der Waals surface area contributed by atoms with Gasteiger partial charge in [0.25, 0.3) is 5.69 Å². The molecule has 0 aliphatic rings. The van der Waals surface area contributed by atoms with Gasteiger partial charge in [0, 0.05) is 6.54 Å². The van der Waals surface area contributed by atoms with Gasteiger partial charge in [-0.15, -0.1) is 0 Å². The third-order valence-electron chi connectivity index (χ3n) is 2.55. The number of carbonyl (C=O) groups excluding carboxylic acids is 1. The highest BCUT2D eigenvalue weighted by molar-refractivity contribution is 5.91. The fraction of sp³-hybridized carbons (Fsp3) is 0.308. The molecule has 0 bridgehead atoms. The molecular weight excluding hydrogens is 267 g/mol. The topological polar surface area (TPSA) is 81.5 Å². The van der Waals surface area contributed by atoms with Crippen LogP contribution in [0.1, 0.15) is 23.7 Å². The van der Waals surface area contributed by atoms with E-state index >= 15 is 0 Å². The summed E-state index contributed by atoms with van der Waals surface area (Å²) in [4.78, 5) is 21.5. The van der Waals surface area contributed by atoms with Crippen molar-refractivity contribution in [3.8, 4) is 0 Å². The van der Waals surface area contributed by atoms with Gasteiger partial charge in [0.05, 0.1) is 23.7 Å². The van der Waals surface area contributed by atoms with E-state index in [1.165, 1.54) is 0 Å². The van der Waals surface area contributed by atoms with Gasteiger partial charge in [0.1, 0.15) is 11.5 Å². The number of esters is 1. The highest BCUT2D eigenvalue weighted by atomic mass is 19.1. The number of allylic oxidation sites excluding steroid dienone is 1. The van der Waals surface area contributed by atoms with Crippen molar-refractivity contribution < 1.29 is 18.8 Å². The molecule has 0 saturated carbocycles. The van der Waals surface area contributed by atoms with E-state index in [0.717, 1.165) is 13.2 Å². The Bertz CT molecular complexity index is 543. The maximum Gasteiger partial charge on any atom is 0.340 e. The van der Waals surface area contributed by atoms with Crippen molar-refractivity contribution >= 4 is 17.3 Å². The quantitative estimate of drug-likeness (QED) is 0.285. The van der Waals surface area contributed by atoms with E-state index < -0.39 is 22.4 Å². The van der Waals surface area contributed by atoms with Crippen molar-refractivity contribution in [3.63, 3.8) is 0 Å². The number of nitrogens with zero attached hydrogens (tertiary/aromatic N) is 1. The monoisotopic (exact) mass is 282 g/mol. The van der Waals surface area contributed by atoms with E-state index in [4.69, 9.17) is 0 Å². The number of hydrogen-bond donors (Lipinski definition) is 1. The summed E-state index contributed by atoms with van der Waals surface area (Å²) in [5.41, 5.74) is -0.677. The Balaban J connectivity index is 3.10. The van der Waals surface area contributed by atoms with Crippen LogP contribution in [0.15, 0.2) is 24.3 Å². The van der Waals surface area contributed by atoms with Crippen LogP contribution in [-0.4, -0.2) is 24.5 Å². The second kappa shape index (κ2) is 7.22. The normalized spacial score (nSPS) is 10.6. The first kappa shape index (κ1) is 15.6. The van der Waals surface area contributed by atoms with Gasteiger partial charge < -0.3 is 10.1 Å². The first-order valence-corrected chi connectivity index (χ1v) is 5.92. The molecule has 0 saturated heterocycles. The van der Waals surface area contributed by atoms with E-state index in [9.17, 15) is 19.3 Å². The van der Waals surface area contributed by atoms with Crippen LogP contribution in [0.2, 0.25) is 0 Å². The Morgan fingerprint density at radius 1 is 1.55 bits per heavy atom. The van der Waals surface area contributed by atoms with Crippen LogP contribution >= 0.6 is 0 Å². The summed E-state index contributed by atoms with van der Waals surface area (Å²) in [7, 11) is 1.11. The number of anilines is 1. The van der Waals surface area contributed by atoms with Gasteiger partial charge in [-0.25, -0.2) is 9.18 Å². The number of benzene rings is 1. The van der Waals surface area contributed by atoms with Gasteiger partial charge in [-0.05, 0) is 19.4 Å². The molecule has 1 aromatic rings. The maximum atomic E-state index is 13.6. The van der Waals surface area contributed by atoms with E-state index in [2.05, 4.69) is 10.1 Å². The average Bonchev–Trinajstić information content (AvgIpc) is 2.43. The zero-order chi connectivity index (χ0) is 15.1. The average molecular weight is 282 g/mol. The van der Waals surface area contributed by atoms with Crippen molar-refractivity contribution in [2.45, 2.75) is 13.3 Å². The predicted molar refractivity (Wildman–Crippen MR) is 72.3 cm³/mol. The van der Waals surface area contributed by atoms with Crippen LogP contribution in [0.4, 0.5) is 15.8 Å². The second-order valence-corrected chi connectivity index (χ2v) is 3.88. The van der Waals surface area contributed by atoms with E-state index in [1.807, 2.05) is 19.1 Å². The minimum Gasteiger partial charge on any atom is -0.465 e. The number of rotatable bonds is 6. The summed E-state index contributed by atoms with van der Waals surface area (Å²) < 4.78 is 18.1. The van der Waals surface area contributed by atoms with E-state index in [0.29, 0.717) is 19.0 Å². The number of nitro groups is 1. The van der Waals surface area contributed by atoms with Gasteiger partial charge in [0.2, 0.25) is 0 Å². The molecule has 6 nitrogen and oxygen atoms in total. The molecule has 1 aromatic carbocycles. The number of ether oxygens (including phenoxy) is 1. The van der Waals surface area contributed by atoms with Crippen molar-refractivity contribution in [2.24, 2.45) is 0 Å². The van der Waals surface area contributed by atoms with Crippen LogP contribution < -0.4 is 5.32 Å². The van der Waals surface area contributed by atoms with Crippen molar-refractivity contribution in [1.29, 1.82) is 0 Å². The van der Waals surface area contributed by atoms with Gasteiger partial charge in [-0.3, -0.25) is 10.1 Å². The van der Waals surface area contributed by atoms with Crippen LogP contribution in [0, 0.1) is 15.9 Å². The molecule has 0 fully saturated rings. The summed E-state index contributed by atoms with van der Waals surface area (Å²) in [5.74, 6) is -1.86. The van der Waals surface area contributed by atoms with Crippen LogP contribution in [0.25, 0.3) is 0 Å². The van der Waals surface area contributed by atoms with Crippen molar-refractivity contribution in [1.82, 2.24) is 0 Å². The highest BCUT2D eigenvalue weighted by Crippen LogP contribution is 2.28. The molecule has 20 heavy (non-hydrogen) atoms. The lowest BCUT2D eigenvalue weighted by Gasteiger charge is -2.08. The van der Waals surface area contributed by atoms with E-state index in [1.54, 1.807) is 0 Å². The summed E-state index contributed by atoms with van der Waals surface area (Å²) in [6, 6.07) is 1.80. The van der Waals surface area contributed by atoms with Gasteiger partial charge in [-0.2, -0.15) is 0 Å². The summed E-state index contributed by atoms with van der Waals surface area (Å²) >= 11 is 0. The third-order valence-corrected chi connectivity index (χ3v) is 2.55. The Hall–Kier alpha value is -2.44. The fourth-order valence-electron chi connectivity index (χ4n) is 1.58. The fourth-order valence-corrected chi connectivity index (χ4v) is 1.58. The van der Waals surface area contributed by atoms with E-state index in [-0.39, 0.29) is 11.3 Å². The molecule has 108 valence electrons. The Morgan fingerprint density at radius 2 is 2.25 bits per heavy atom. The largest absolute Gasteiger partial charge is 0.465 e. The Kier molecular flexibility index (Phi) is 5.64. The predicted octanol–water partition coefficient (Wildman–Crippen LogP) is 2.90. The number of nitro benzene ring substituents is 1. The molecule has 0 aromatic heterocycles. The molecule has 1 rings (SSSR count). The number of methoxy groups -OCH3 is 1. The van der Waals surface area contributed by atoms with Crippen molar-refractivity contribution in [2.75, 3.05) is 19.0 Å². The van der Waals surface area contributed by atoms with Crippen LogP contribution in [0.5, 0.6) is 0 Å². The number of halogens is 1. The second-order valence-electron chi connectivity index (χ2n) is 3.88. The van der Waals surface area contributed by atoms with Crippen LogP contribution in [0.3, 0.4) is 0 Å². The molecule has 0 unspecified atom stereocenters. The Labute approximate surface area is 115 Å². The lowest BCUT2D eigenvalue weighted by molar-refractivity contribution is -0.384. The standard InChI is InChI=1S/C13H15FN2O4/c1-3-4-5-6-15-11-7-9(13(17)20-2)10(14)8-12(11)16(18)19/h3-4,7-8,15H,5-6H2,1-2H3/b4-3+. The molecular formula is C13H15FN2O4. The van der Waals surface area contributed by atoms with Crippen molar-refractivity contribution in [3.05, 3.63) is 45.8 Å². The van der Waals surface area contributed by atoms with Gasteiger partial charge in [-0.1, -0.05) is 12.2 Å². The van der Waals surface area contributed by atoms with Gasteiger partial charge in [0.15, 0.2) is 0 Å². The molecule has 1 N–H and O–H groups in total. The zero-order valence-electron chi connectivity index (χ0n) is 11.2. The SMILES string of the molecule is C/C=C/CCNc1cc(C(=O)OC)c(F)cc1[N+](=O)[O-]. The number of carbonyl (C=O) groups is 1. The zero-order valence-corrected chi connectivity index (χ0v) is 11.2. The van der Waals surface area contributed by atoms with Crippen LogP contribution in [-0.2, 0) is 4.74 Å². The number of hydrogen-bond acceptors (Lipinski definition) is 5. The maximum absolute atomic E-state index is 13.6. The summed E-state index contributed by atoms with van der Waals surface area (Å²) in [6.45, 7) is 2.28. The molecule has 0 aliphatic heterocycles. The minimum absolute atomic E-state index is 0.0845. The summed E-state index contributed by atoms with van der Waals surface area (Å²) in [5, 5.41) is 13.7. The first-order valence-electron chi connectivity index (χ1n) is 5.92. The molecule has 0 radical (unpaired) electrons. The van der Waals surface area contributed by atoms with Gasteiger partial charge >= 0.3 is 5.97 Å². The summed E-state index contributed by atoms with van der Waals surface area (Å²) in [6.07, 6.45) is 4.38. The molecule has 0 spiro atoms. The molecule has 0 aliphatic carbocycles. The third kappa shape index (κ3) is 3.78. The highest BCUT2D eigenvalue weighted by Gasteiger charge is 2.22. The molecule has 0 atom stereocenters. The smallest absolute Gasteiger partial charge is 0.340 e. The molecule has 0 amide bonds.